The molecule has 18 heavy (non-hydrogen) atoms. The van der Waals surface area contributed by atoms with Gasteiger partial charge in [-0.1, -0.05) is 12.8 Å². The van der Waals surface area contributed by atoms with Crippen LogP contribution in [0.4, 0.5) is 0 Å². The Kier molecular flexibility index (Phi) is 4.61. The van der Waals surface area contributed by atoms with Crippen LogP contribution < -0.4 is 10.6 Å². The average Bonchev–Trinajstić information content (AvgIpc) is 2.88. The third kappa shape index (κ3) is 4.24. The van der Waals surface area contributed by atoms with Crippen LogP contribution >= 0.6 is 0 Å². The zero-order valence-corrected chi connectivity index (χ0v) is 11.5. The topological polar surface area (TPSA) is 75.3 Å². The van der Waals surface area contributed by atoms with Gasteiger partial charge in [-0.05, 0) is 19.3 Å². The van der Waals surface area contributed by atoms with Gasteiger partial charge in [0.15, 0.2) is 9.84 Å². The van der Waals surface area contributed by atoms with Gasteiger partial charge in [0, 0.05) is 25.0 Å². The fraction of sp³-hybridized carbons (Fsp3) is 0.917. The zero-order chi connectivity index (χ0) is 13.0. The van der Waals surface area contributed by atoms with E-state index in [4.69, 9.17) is 0 Å². The fourth-order valence-electron chi connectivity index (χ4n) is 2.72. The largest absolute Gasteiger partial charge is 0.353 e. The minimum absolute atomic E-state index is 0.0364. The molecular weight excluding hydrogens is 252 g/mol. The zero-order valence-electron chi connectivity index (χ0n) is 10.7. The monoisotopic (exact) mass is 274 g/mol. The Morgan fingerprint density at radius 3 is 2.44 bits per heavy atom. The van der Waals surface area contributed by atoms with Gasteiger partial charge in [0.2, 0.25) is 5.91 Å². The Morgan fingerprint density at radius 1 is 1.11 bits per heavy atom. The summed E-state index contributed by atoms with van der Waals surface area (Å²) in [5, 5.41) is 6.18. The summed E-state index contributed by atoms with van der Waals surface area (Å²) in [6.45, 7) is 0.568. The highest BCUT2D eigenvalue weighted by atomic mass is 32.2. The SMILES string of the molecule is O=C(CCNC1CCS(=O)(=O)C1)NC1CCCC1. The maximum atomic E-state index is 11.6. The summed E-state index contributed by atoms with van der Waals surface area (Å²) in [6.07, 6.45) is 5.73. The second-order valence-electron chi connectivity index (χ2n) is 5.35. The van der Waals surface area contributed by atoms with E-state index in [0.717, 1.165) is 12.8 Å². The molecule has 1 saturated carbocycles. The number of hydrogen-bond acceptors (Lipinski definition) is 4. The number of amides is 1. The number of carbonyl (C=O) groups excluding carboxylic acids is 1. The lowest BCUT2D eigenvalue weighted by Gasteiger charge is -2.13. The highest BCUT2D eigenvalue weighted by Gasteiger charge is 2.27. The van der Waals surface area contributed by atoms with Crippen LogP contribution in [0.2, 0.25) is 0 Å². The molecule has 0 aromatic rings. The van der Waals surface area contributed by atoms with Gasteiger partial charge in [0.1, 0.15) is 0 Å². The molecule has 1 unspecified atom stereocenters. The van der Waals surface area contributed by atoms with E-state index in [9.17, 15) is 13.2 Å². The van der Waals surface area contributed by atoms with Crippen molar-refractivity contribution in [2.24, 2.45) is 0 Å². The number of hydrogen-bond donors (Lipinski definition) is 2. The molecule has 104 valence electrons. The van der Waals surface area contributed by atoms with E-state index in [1.807, 2.05) is 0 Å². The summed E-state index contributed by atoms with van der Waals surface area (Å²) in [6, 6.07) is 0.402. The highest BCUT2D eigenvalue weighted by Crippen LogP contribution is 2.17. The summed E-state index contributed by atoms with van der Waals surface area (Å²) in [5.41, 5.74) is 0. The number of nitrogens with one attached hydrogen (secondary N) is 2. The molecule has 2 aliphatic rings. The third-order valence-electron chi connectivity index (χ3n) is 3.74. The van der Waals surface area contributed by atoms with Crippen molar-refractivity contribution >= 4 is 15.7 Å². The molecule has 1 saturated heterocycles. The van der Waals surface area contributed by atoms with E-state index in [1.165, 1.54) is 12.8 Å². The van der Waals surface area contributed by atoms with Crippen molar-refractivity contribution in [1.29, 1.82) is 0 Å². The van der Waals surface area contributed by atoms with E-state index in [2.05, 4.69) is 10.6 Å². The van der Waals surface area contributed by atoms with Crippen LogP contribution in [0, 0.1) is 0 Å². The van der Waals surface area contributed by atoms with Crippen molar-refractivity contribution in [3.63, 3.8) is 0 Å². The summed E-state index contributed by atoms with van der Waals surface area (Å²) in [5.74, 6) is 0.575. The first-order chi connectivity index (χ1) is 8.55. The average molecular weight is 274 g/mol. The van der Waals surface area contributed by atoms with E-state index in [-0.39, 0.29) is 23.5 Å². The maximum Gasteiger partial charge on any atom is 0.221 e. The van der Waals surface area contributed by atoms with Gasteiger partial charge in [0.25, 0.3) is 0 Å². The Bertz CT molecular complexity index is 388. The molecule has 1 aliphatic carbocycles. The summed E-state index contributed by atoms with van der Waals surface area (Å²) in [7, 11) is -2.83. The van der Waals surface area contributed by atoms with Gasteiger partial charge >= 0.3 is 0 Å². The van der Waals surface area contributed by atoms with Gasteiger partial charge in [-0.25, -0.2) is 8.42 Å². The number of carbonyl (C=O) groups is 1. The molecule has 5 nitrogen and oxygen atoms in total. The summed E-state index contributed by atoms with van der Waals surface area (Å²) in [4.78, 5) is 11.6. The minimum Gasteiger partial charge on any atom is -0.353 e. The molecule has 1 aliphatic heterocycles. The quantitative estimate of drug-likeness (QED) is 0.751. The van der Waals surface area contributed by atoms with Crippen molar-refractivity contribution in [2.75, 3.05) is 18.1 Å². The molecule has 1 amide bonds. The van der Waals surface area contributed by atoms with Gasteiger partial charge in [-0.15, -0.1) is 0 Å². The standard InChI is InChI=1S/C12H22N2O3S/c15-12(14-10-3-1-2-4-10)5-7-13-11-6-8-18(16,17)9-11/h10-11,13H,1-9H2,(H,14,15). The first-order valence-electron chi connectivity index (χ1n) is 6.78. The molecule has 2 fully saturated rings. The maximum absolute atomic E-state index is 11.6. The van der Waals surface area contributed by atoms with Gasteiger partial charge < -0.3 is 10.6 Å². The molecule has 1 atom stereocenters. The normalized spacial score (nSPS) is 27.4. The molecule has 1 heterocycles. The van der Waals surface area contributed by atoms with Crippen LogP contribution in [-0.2, 0) is 14.6 Å². The van der Waals surface area contributed by atoms with Crippen molar-refractivity contribution < 1.29 is 13.2 Å². The number of sulfone groups is 1. The molecule has 0 aromatic carbocycles. The number of rotatable bonds is 5. The van der Waals surface area contributed by atoms with Gasteiger partial charge in [-0.3, -0.25) is 4.79 Å². The van der Waals surface area contributed by atoms with E-state index in [0.29, 0.717) is 25.4 Å². The van der Waals surface area contributed by atoms with E-state index >= 15 is 0 Å². The Hall–Kier alpha value is -0.620. The van der Waals surface area contributed by atoms with Crippen LogP contribution in [0.3, 0.4) is 0 Å². The van der Waals surface area contributed by atoms with Gasteiger partial charge in [-0.2, -0.15) is 0 Å². The first-order valence-corrected chi connectivity index (χ1v) is 8.60. The van der Waals surface area contributed by atoms with Crippen molar-refractivity contribution in [1.82, 2.24) is 10.6 Å². The third-order valence-corrected chi connectivity index (χ3v) is 5.51. The molecule has 0 aromatic heterocycles. The van der Waals surface area contributed by atoms with Crippen LogP contribution in [0.1, 0.15) is 38.5 Å². The molecular formula is C12H22N2O3S. The molecule has 2 N–H and O–H groups in total. The predicted octanol–water partition coefficient (Wildman–Crippen LogP) is 0.212. The Labute approximate surface area is 109 Å². The van der Waals surface area contributed by atoms with Gasteiger partial charge in [0.05, 0.1) is 11.5 Å². The molecule has 0 bridgehead atoms. The van der Waals surface area contributed by atoms with Crippen LogP contribution in [0.5, 0.6) is 0 Å². The van der Waals surface area contributed by atoms with Crippen LogP contribution in [0.25, 0.3) is 0 Å². The first kappa shape index (κ1) is 13.8. The van der Waals surface area contributed by atoms with E-state index in [1.54, 1.807) is 0 Å². The lowest BCUT2D eigenvalue weighted by atomic mass is 10.2. The molecule has 6 heteroatoms. The molecule has 2 rings (SSSR count). The smallest absolute Gasteiger partial charge is 0.221 e. The Balaban J connectivity index is 1.59. The van der Waals surface area contributed by atoms with Crippen molar-refractivity contribution in [3.8, 4) is 0 Å². The second-order valence-corrected chi connectivity index (χ2v) is 7.58. The van der Waals surface area contributed by atoms with Crippen molar-refractivity contribution in [3.05, 3.63) is 0 Å². The van der Waals surface area contributed by atoms with Crippen LogP contribution in [-0.4, -0.2) is 44.5 Å². The van der Waals surface area contributed by atoms with Crippen molar-refractivity contribution in [2.45, 2.75) is 50.6 Å². The minimum atomic E-state index is -2.83. The second kappa shape index (κ2) is 6.02. The molecule has 0 radical (unpaired) electrons. The highest BCUT2D eigenvalue weighted by molar-refractivity contribution is 7.91. The molecule has 0 spiro atoms. The van der Waals surface area contributed by atoms with E-state index < -0.39 is 9.84 Å². The fourth-order valence-corrected chi connectivity index (χ4v) is 4.42. The summed E-state index contributed by atoms with van der Waals surface area (Å²) >= 11 is 0. The lowest BCUT2D eigenvalue weighted by Crippen LogP contribution is -2.37. The lowest BCUT2D eigenvalue weighted by molar-refractivity contribution is -0.121. The predicted molar refractivity (Wildman–Crippen MR) is 70.1 cm³/mol. The Morgan fingerprint density at radius 2 is 1.83 bits per heavy atom. The summed E-state index contributed by atoms with van der Waals surface area (Å²) < 4.78 is 22.5. The van der Waals surface area contributed by atoms with Crippen LogP contribution in [0.15, 0.2) is 0 Å².